The number of nitrogens with zero attached hydrogens (tertiary/aromatic N) is 1. The normalized spacial score (nSPS) is 25.8. The van der Waals surface area contributed by atoms with E-state index in [-0.39, 0.29) is 11.8 Å². The fraction of sp³-hybridized carbons (Fsp3) is 0.889. The molecule has 0 amide bonds. The summed E-state index contributed by atoms with van der Waals surface area (Å²) in [5.74, 6) is 0.278. The van der Waals surface area contributed by atoms with Gasteiger partial charge in [0.25, 0.3) is 0 Å². The Hall–Kier alpha value is -0.370. The molecule has 2 nitrogen and oxygen atoms in total. The molecular weight excluding hydrogens is 138 g/mol. The highest BCUT2D eigenvalue weighted by Crippen LogP contribution is 2.30. The van der Waals surface area contributed by atoms with Gasteiger partial charge in [0.15, 0.2) is 0 Å². The fourth-order valence-electron chi connectivity index (χ4n) is 1.58. The molecule has 0 aromatic rings. The average molecular weight is 155 g/mol. The van der Waals surface area contributed by atoms with Crippen LogP contribution in [0.1, 0.15) is 27.7 Å². The molecule has 1 fully saturated rings. The maximum atomic E-state index is 10.9. The molecule has 1 aliphatic rings. The van der Waals surface area contributed by atoms with Crippen LogP contribution in [0, 0.1) is 5.41 Å². The standard InChI is InChI=1S/C9H17NO/c1-7(8(2)11)10-5-9(3,4)6-10/h7H,5-6H2,1-4H3. The Morgan fingerprint density at radius 3 is 2.18 bits per heavy atom. The number of hydrogen-bond donors (Lipinski definition) is 0. The Morgan fingerprint density at radius 2 is 1.91 bits per heavy atom. The van der Waals surface area contributed by atoms with Crippen molar-refractivity contribution in [2.75, 3.05) is 13.1 Å². The van der Waals surface area contributed by atoms with Crippen LogP contribution >= 0.6 is 0 Å². The van der Waals surface area contributed by atoms with Gasteiger partial charge in [0.2, 0.25) is 0 Å². The fourth-order valence-corrected chi connectivity index (χ4v) is 1.58. The molecule has 0 bridgehead atoms. The van der Waals surface area contributed by atoms with E-state index < -0.39 is 0 Å². The van der Waals surface area contributed by atoms with Gasteiger partial charge in [0, 0.05) is 13.1 Å². The van der Waals surface area contributed by atoms with E-state index >= 15 is 0 Å². The minimum atomic E-state index is 0.128. The van der Waals surface area contributed by atoms with E-state index in [1.165, 1.54) is 0 Å². The van der Waals surface area contributed by atoms with Crippen LogP contribution in [-0.4, -0.2) is 29.8 Å². The van der Waals surface area contributed by atoms with Crippen molar-refractivity contribution in [1.29, 1.82) is 0 Å². The van der Waals surface area contributed by atoms with Crippen LogP contribution in [0.25, 0.3) is 0 Å². The van der Waals surface area contributed by atoms with Crippen LogP contribution in [0.3, 0.4) is 0 Å². The molecule has 0 saturated carbocycles. The van der Waals surface area contributed by atoms with E-state index in [4.69, 9.17) is 0 Å². The van der Waals surface area contributed by atoms with Gasteiger partial charge in [0.05, 0.1) is 6.04 Å². The van der Waals surface area contributed by atoms with E-state index in [9.17, 15) is 4.79 Å². The van der Waals surface area contributed by atoms with Crippen molar-refractivity contribution in [1.82, 2.24) is 4.90 Å². The van der Waals surface area contributed by atoms with E-state index in [0.717, 1.165) is 13.1 Å². The van der Waals surface area contributed by atoms with Crippen molar-refractivity contribution < 1.29 is 4.79 Å². The number of carbonyl (C=O) groups is 1. The first-order valence-corrected chi connectivity index (χ1v) is 4.17. The molecule has 2 heteroatoms. The van der Waals surface area contributed by atoms with Crippen molar-refractivity contribution in [3.8, 4) is 0 Å². The zero-order chi connectivity index (χ0) is 8.65. The second kappa shape index (κ2) is 2.59. The van der Waals surface area contributed by atoms with Crippen molar-refractivity contribution in [2.24, 2.45) is 5.41 Å². The first-order chi connectivity index (χ1) is 4.92. The Morgan fingerprint density at radius 1 is 1.45 bits per heavy atom. The smallest absolute Gasteiger partial charge is 0.146 e. The lowest BCUT2D eigenvalue weighted by Gasteiger charge is -2.48. The van der Waals surface area contributed by atoms with Crippen LogP contribution in [-0.2, 0) is 4.79 Å². The molecule has 1 aliphatic heterocycles. The zero-order valence-electron chi connectivity index (χ0n) is 7.85. The Bertz CT molecular complexity index is 166. The molecule has 64 valence electrons. The third-order valence-electron chi connectivity index (χ3n) is 2.40. The molecule has 1 atom stereocenters. The Balaban J connectivity index is 2.38. The lowest BCUT2D eigenvalue weighted by Crippen LogP contribution is -2.57. The number of likely N-dealkylation sites (tertiary alicyclic amines) is 1. The van der Waals surface area contributed by atoms with Crippen molar-refractivity contribution >= 4 is 5.78 Å². The van der Waals surface area contributed by atoms with Gasteiger partial charge in [-0.1, -0.05) is 13.8 Å². The third-order valence-corrected chi connectivity index (χ3v) is 2.40. The second-order valence-corrected chi connectivity index (χ2v) is 4.36. The molecule has 0 aromatic heterocycles. The van der Waals surface area contributed by atoms with Gasteiger partial charge in [-0.25, -0.2) is 0 Å². The summed E-state index contributed by atoms with van der Waals surface area (Å²) in [5.41, 5.74) is 0.434. The number of carbonyl (C=O) groups excluding carboxylic acids is 1. The molecule has 0 N–H and O–H groups in total. The van der Waals surface area contributed by atoms with Crippen molar-refractivity contribution in [3.63, 3.8) is 0 Å². The average Bonchev–Trinajstić information content (AvgIpc) is 1.80. The zero-order valence-corrected chi connectivity index (χ0v) is 7.85. The highest BCUT2D eigenvalue weighted by molar-refractivity contribution is 5.81. The van der Waals surface area contributed by atoms with Crippen molar-refractivity contribution in [2.45, 2.75) is 33.7 Å². The molecule has 1 rings (SSSR count). The van der Waals surface area contributed by atoms with Crippen LogP contribution in [0.4, 0.5) is 0 Å². The Labute approximate surface area is 68.6 Å². The highest BCUT2D eigenvalue weighted by atomic mass is 16.1. The molecule has 11 heavy (non-hydrogen) atoms. The summed E-state index contributed by atoms with van der Waals surface area (Å²) in [6.45, 7) is 10.2. The molecule has 0 spiro atoms. The van der Waals surface area contributed by atoms with Crippen LogP contribution in [0.2, 0.25) is 0 Å². The van der Waals surface area contributed by atoms with Crippen molar-refractivity contribution in [3.05, 3.63) is 0 Å². The number of Topliss-reactive ketones (excluding diaryl/α,β-unsaturated/α-hetero) is 1. The van der Waals surface area contributed by atoms with Gasteiger partial charge >= 0.3 is 0 Å². The first-order valence-electron chi connectivity index (χ1n) is 4.17. The summed E-state index contributed by atoms with van der Waals surface area (Å²) in [6.07, 6.45) is 0. The van der Waals surface area contributed by atoms with Crippen LogP contribution in [0.15, 0.2) is 0 Å². The third kappa shape index (κ3) is 1.80. The number of ketones is 1. The van der Waals surface area contributed by atoms with Gasteiger partial charge in [0.1, 0.15) is 5.78 Å². The lowest BCUT2D eigenvalue weighted by atomic mass is 9.83. The first kappa shape index (κ1) is 8.72. The summed E-state index contributed by atoms with van der Waals surface area (Å²) >= 11 is 0. The predicted molar refractivity (Wildman–Crippen MR) is 45.5 cm³/mol. The summed E-state index contributed by atoms with van der Waals surface area (Å²) in [7, 11) is 0. The van der Waals surface area contributed by atoms with E-state index in [2.05, 4.69) is 18.7 Å². The van der Waals surface area contributed by atoms with Gasteiger partial charge in [-0.2, -0.15) is 0 Å². The maximum absolute atomic E-state index is 10.9. The SMILES string of the molecule is CC(=O)C(C)N1CC(C)(C)C1. The van der Waals surface area contributed by atoms with Crippen LogP contribution < -0.4 is 0 Å². The second-order valence-electron chi connectivity index (χ2n) is 4.36. The van der Waals surface area contributed by atoms with E-state index in [1.807, 2.05) is 6.92 Å². The topological polar surface area (TPSA) is 20.3 Å². The molecule has 1 unspecified atom stereocenters. The summed E-state index contributed by atoms with van der Waals surface area (Å²) in [5, 5.41) is 0. The predicted octanol–water partition coefficient (Wildman–Crippen LogP) is 1.31. The number of rotatable bonds is 2. The summed E-state index contributed by atoms with van der Waals surface area (Å²) in [4.78, 5) is 13.2. The quantitative estimate of drug-likeness (QED) is 0.599. The van der Waals surface area contributed by atoms with Gasteiger partial charge < -0.3 is 0 Å². The minimum absolute atomic E-state index is 0.128. The molecular formula is C9H17NO. The maximum Gasteiger partial charge on any atom is 0.146 e. The molecule has 1 saturated heterocycles. The van der Waals surface area contributed by atoms with E-state index in [1.54, 1.807) is 6.92 Å². The molecule has 0 aliphatic carbocycles. The molecule has 0 radical (unpaired) electrons. The largest absolute Gasteiger partial charge is 0.298 e. The number of hydrogen-bond acceptors (Lipinski definition) is 2. The van der Waals surface area contributed by atoms with Crippen LogP contribution in [0.5, 0.6) is 0 Å². The summed E-state index contributed by atoms with van der Waals surface area (Å²) in [6, 6.07) is 0.128. The van der Waals surface area contributed by atoms with Gasteiger partial charge in [-0.05, 0) is 19.3 Å². The highest BCUT2D eigenvalue weighted by Gasteiger charge is 2.37. The van der Waals surface area contributed by atoms with E-state index in [0.29, 0.717) is 5.41 Å². The van der Waals surface area contributed by atoms with Gasteiger partial charge in [-0.3, -0.25) is 9.69 Å². The minimum Gasteiger partial charge on any atom is -0.298 e. The van der Waals surface area contributed by atoms with Gasteiger partial charge in [-0.15, -0.1) is 0 Å². The molecule has 1 heterocycles. The monoisotopic (exact) mass is 155 g/mol. The Kier molecular flexibility index (Phi) is 2.06. The lowest BCUT2D eigenvalue weighted by molar-refractivity contribution is -0.126. The molecule has 0 aromatic carbocycles. The summed E-state index contributed by atoms with van der Waals surface area (Å²) < 4.78 is 0.